The third-order valence-electron chi connectivity index (χ3n) is 3.06. The van der Waals surface area contributed by atoms with Crippen molar-refractivity contribution in [1.29, 1.82) is 0 Å². The molecular formula is C12H24BrN. The highest BCUT2D eigenvalue weighted by atomic mass is 79.9. The predicted molar refractivity (Wildman–Crippen MR) is 67.2 cm³/mol. The van der Waals surface area contributed by atoms with Crippen molar-refractivity contribution in [2.45, 2.75) is 51.4 Å². The maximum atomic E-state index is 3.48. The van der Waals surface area contributed by atoms with E-state index in [4.69, 9.17) is 0 Å². The monoisotopic (exact) mass is 261 g/mol. The molecule has 1 heterocycles. The van der Waals surface area contributed by atoms with Gasteiger partial charge in [0.25, 0.3) is 0 Å². The Balaban J connectivity index is 2.02. The summed E-state index contributed by atoms with van der Waals surface area (Å²) in [6.07, 6.45) is 11.4. The first kappa shape index (κ1) is 12.5. The maximum Gasteiger partial charge on any atom is 0.00313 e. The zero-order valence-electron chi connectivity index (χ0n) is 9.31. The Morgan fingerprint density at radius 1 is 0.786 bits per heavy atom. The maximum absolute atomic E-state index is 3.48. The Morgan fingerprint density at radius 2 is 1.43 bits per heavy atom. The molecule has 0 aliphatic carbocycles. The van der Waals surface area contributed by atoms with Gasteiger partial charge in [0.15, 0.2) is 0 Å². The molecule has 0 atom stereocenters. The van der Waals surface area contributed by atoms with Crippen LogP contribution >= 0.6 is 15.9 Å². The van der Waals surface area contributed by atoms with Gasteiger partial charge < -0.3 is 4.90 Å². The lowest BCUT2D eigenvalue weighted by atomic mass is 10.1. The zero-order chi connectivity index (χ0) is 10.1. The molecule has 0 radical (unpaired) electrons. The predicted octanol–water partition coefficient (Wildman–Crippen LogP) is 3.82. The van der Waals surface area contributed by atoms with Gasteiger partial charge in [-0.05, 0) is 45.3 Å². The average molecular weight is 262 g/mol. The molecular weight excluding hydrogens is 238 g/mol. The highest BCUT2D eigenvalue weighted by molar-refractivity contribution is 9.09. The van der Waals surface area contributed by atoms with Gasteiger partial charge in [-0.25, -0.2) is 0 Å². The summed E-state index contributed by atoms with van der Waals surface area (Å²) in [6.45, 7) is 4.05. The molecule has 0 aromatic rings. The number of rotatable bonds is 5. The minimum absolute atomic E-state index is 1.17. The summed E-state index contributed by atoms with van der Waals surface area (Å²) in [7, 11) is 0. The van der Waals surface area contributed by atoms with E-state index in [1.165, 1.54) is 76.3 Å². The molecule has 0 bridgehead atoms. The molecule has 0 saturated carbocycles. The Morgan fingerprint density at radius 3 is 2.07 bits per heavy atom. The lowest BCUT2D eigenvalue weighted by molar-refractivity contribution is 0.243. The molecule has 1 fully saturated rings. The Bertz CT molecular complexity index is 119. The van der Waals surface area contributed by atoms with E-state index >= 15 is 0 Å². The van der Waals surface area contributed by atoms with E-state index in [1.54, 1.807) is 0 Å². The summed E-state index contributed by atoms with van der Waals surface area (Å²) in [5, 5.41) is 1.17. The summed E-state index contributed by atoms with van der Waals surface area (Å²) in [4.78, 5) is 2.67. The van der Waals surface area contributed by atoms with Crippen molar-refractivity contribution in [2.75, 3.05) is 25.0 Å². The largest absolute Gasteiger partial charge is 0.303 e. The number of unbranched alkanes of at least 4 members (excludes halogenated alkanes) is 2. The van der Waals surface area contributed by atoms with Crippen LogP contribution in [0.15, 0.2) is 0 Å². The molecule has 1 nitrogen and oxygen atoms in total. The number of hydrogen-bond acceptors (Lipinski definition) is 1. The van der Waals surface area contributed by atoms with E-state index in [2.05, 4.69) is 20.8 Å². The first-order chi connectivity index (χ1) is 6.93. The number of hydrogen-bond donors (Lipinski definition) is 0. The van der Waals surface area contributed by atoms with Gasteiger partial charge in [-0.1, -0.05) is 41.6 Å². The molecule has 1 saturated heterocycles. The summed E-state index contributed by atoms with van der Waals surface area (Å²) in [5.41, 5.74) is 0. The van der Waals surface area contributed by atoms with Crippen LogP contribution in [-0.4, -0.2) is 29.9 Å². The van der Waals surface area contributed by atoms with Gasteiger partial charge in [0.2, 0.25) is 0 Å². The second kappa shape index (κ2) is 8.72. The highest BCUT2D eigenvalue weighted by Crippen LogP contribution is 2.11. The average Bonchev–Trinajstić information content (AvgIpc) is 2.15. The smallest absolute Gasteiger partial charge is 0.00313 e. The van der Waals surface area contributed by atoms with E-state index < -0.39 is 0 Å². The van der Waals surface area contributed by atoms with Crippen molar-refractivity contribution in [3.63, 3.8) is 0 Å². The molecule has 0 N–H and O–H groups in total. The summed E-state index contributed by atoms with van der Waals surface area (Å²) < 4.78 is 0. The van der Waals surface area contributed by atoms with Gasteiger partial charge >= 0.3 is 0 Å². The van der Waals surface area contributed by atoms with Crippen molar-refractivity contribution in [3.05, 3.63) is 0 Å². The zero-order valence-corrected chi connectivity index (χ0v) is 10.9. The van der Waals surface area contributed by atoms with Crippen molar-refractivity contribution in [1.82, 2.24) is 4.90 Å². The number of nitrogens with zero attached hydrogens (tertiary/aromatic N) is 1. The molecule has 1 rings (SSSR count). The third-order valence-corrected chi connectivity index (χ3v) is 3.62. The first-order valence-electron chi connectivity index (χ1n) is 6.22. The molecule has 1 aliphatic heterocycles. The second-order valence-corrected chi connectivity index (χ2v) is 5.15. The molecule has 0 aromatic heterocycles. The first-order valence-corrected chi connectivity index (χ1v) is 7.34. The van der Waals surface area contributed by atoms with E-state index in [0.29, 0.717) is 0 Å². The molecule has 14 heavy (non-hydrogen) atoms. The van der Waals surface area contributed by atoms with Gasteiger partial charge in [0, 0.05) is 5.33 Å². The van der Waals surface area contributed by atoms with E-state index in [1.807, 2.05) is 0 Å². The third kappa shape index (κ3) is 6.02. The van der Waals surface area contributed by atoms with Crippen LogP contribution in [0.1, 0.15) is 51.4 Å². The van der Waals surface area contributed by atoms with Crippen molar-refractivity contribution < 1.29 is 0 Å². The molecule has 0 aromatic carbocycles. The van der Waals surface area contributed by atoms with Crippen LogP contribution in [0.5, 0.6) is 0 Å². The molecule has 84 valence electrons. The molecule has 1 aliphatic rings. The van der Waals surface area contributed by atoms with Gasteiger partial charge in [-0.2, -0.15) is 0 Å². The number of halogens is 1. The Kier molecular flexibility index (Phi) is 7.80. The Labute approximate surface area is 97.4 Å². The van der Waals surface area contributed by atoms with Gasteiger partial charge in [-0.3, -0.25) is 0 Å². The fraction of sp³-hybridized carbons (Fsp3) is 1.00. The fourth-order valence-electron chi connectivity index (χ4n) is 2.14. The van der Waals surface area contributed by atoms with Gasteiger partial charge in [0.1, 0.15) is 0 Å². The van der Waals surface area contributed by atoms with E-state index in [-0.39, 0.29) is 0 Å². The summed E-state index contributed by atoms with van der Waals surface area (Å²) in [6, 6.07) is 0. The standard InChI is InChI=1S/C12H24BrN/c13-9-5-4-8-12-14-10-6-2-1-3-7-11-14/h1-12H2. The number of likely N-dealkylation sites (tertiary alicyclic amines) is 1. The van der Waals surface area contributed by atoms with Crippen LogP contribution in [0.25, 0.3) is 0 Å². The molecule has 2 heteroatoms. The molecule has 0 spiro atoms. The lowest BCUT2D eigenvalue weighted by Gasteiger charge is -2.24. The second-order valence-electron chi connectivity index (χ2n) is 4.36. The van der Waals surface area contributed by atoms with Crippen molar-refractivity contribution in [2.24, 2.45) is 0 Å². The van der Waals surface area contributed by atoms with Crippen LogP contribution in [0.4, 0.5) is 0 Å². The minimum atomic E-state index is 1.17. The fourth-order valence-corrected chi connectivity index (χ4v) is 2.54. The van der Waals surface area contributed by atoms with Crippen LogP contribution < -0.4 is 0 Å². The SMILES string of the molecule is BrCCCCCN1CCCCCCC1. The summed E-state index contributed by atoms with van der Waals surface area (Å²) >= 11 is 3.48. The minimum Gasteiger partial charge on any atom is -0.303 e. The van der Waals surface area contributed by atoms with Crippen LogP contribution in [0.2, 0.25) is 0 Å². The topological polar surface area (TPSA) is 3.24 Å². The van der Waals surface area contributed by atoms with E-state index in [0.717, 1.165) is 0 Å². The molecule has 0 amide bonds. The number of alkyl halides is 1. The molecule has 0 unspecified atom stereocenters. The van der Waals surface area contributed by atoms with Gasteiger partial charge in [0.05, 0.1) is 0 Å². The summed E-state index contributed by atoms with van der Waals surface area (Å²) in [5.74, 6) is 0. The van der Waals surface area contributed by atoms with Gasteiger partial charge in [-0.15, -0.1) is 0 Å². The van der Waals surface area contributed by atoms with Crippen LogP contribution in [0.3, 0.4) is 0 Å². The van der Waals surface area contributed by atoms with Crippen LogP contribution in [0, 0.1) is 0 Å². The van der Waals surface area contributed by atoms with Crippen molar-refractivity contribution in [3.8, 4) is 0 Å². The van der Waals surface area contributed by atoms with Crippen molar-refractivity contribution >= 4 is 15.9 Å². The quantitative estimate of drug-likeness (QED) is 0.538. The normalized spacial score (nSPS) is 20.4. The lowest BCUT2D eigenvalue weighted by Crippen LogP contribution is -2.28. The Hall–Kier alpha value is 0.440. The van der Waals surface area contributed by atoms with Crippen LogP contribution in [-0.2, 0) is 0 Å². The highest BCUT2D eigenvalue weighted by Gasteiger charge is 2.06. The van der Waals surface area contributed by atoms with E-state index in [9.17, 15) is 0 Å².